The number of benzene rings is 1. The van der Waals surface area contributed by atoms with E-state index in [9.17, 15) is 0 Å². The van der Waals surface area contributed by atoms with Gasteiger partial charge in [0.15, 0.2) is 0 Å². The fourth-order valence-electron chi connectivity index (χ4n) is 3.65. The molecule has 0 aromatic heterocycles. The molecule has 3 heteroatoms. The Bertz CT molecular complexity index is 435. The van der Waals surface area contributed by atoms with Gasteiger partial charge in [-0.05, 0) is 65.1 Å². The number of nitrogens with one attached hydrogen (secondary N) is 1. The number of methoxy groups -OCH3 is 1. The van der Waals surface area contributed by atoms with Crippen LogP contribution in [0.1, 0.15) is 25.7 Å². The van der Waals surface area contributed by atoms with Crippen LogP contribution in [0.4, 0.5) is 5.69 Å². The molecule has 2 aliphatic carbocycles. The highest BCUT2D eigenvalue weighted by Gasteiger charge is 2.38. The van der Waals surface area contributed by atoms with Gasteiger partial charge in [-0.1, -0.05) is 6.42 Å². The minimum absolute atomic E-state index is 0.887. The third-order valence-electron chi connectivity index (χ3n) is 4.60. The molecule has 3 rings (SSSR count). The van der Waals surface area contributed by atoms with Crippen molar-refractivity contribution in [2.75, 3.05) is 19.0 Å². The van der Waals surface area contributed by atoms with Crippen LogP contribution in [0.25, 0.3) is 0 Å². The van der Waals surface area contributed by atoms with Gasteiger partial charge in [-0.25, -0.2) is 0 Å². The first-order valence-corrected chi connectivity index (χ1v) is 7.63. The van der Waals surface area contributed by atoms with Crippen LogP contribution in [0.15, 0.2) is 22.7 Å². The number of anilines is 1. The number of fused-ring (bicyclic) bond motifs is 2. The minimum Gasteiger partial charge on any atom is -0.495 e. The van der Waals surface area contributed by atoms with Crippen LogP contribution in [0.3, 0.4) is 0 Å². The number of ether oxygens (including phenoxy) is 1. The van der Waals surface area contributed by atoms with Crippen LogP contribution in [0.2, 0.25) is 0 Å². The van der Waals surface area contributed by atoms with Gasteiger partial charge in [0.1, 0.15) is 5.75 Å². The average Bonchev–Trinajstić information content (AvgIpc) is 3.00. The molecule has 1 aromatic rings. The van der Waals surface area contributed by atoms with E-state index in [0.717, 1.165) is 40.2 Å². The zero-order valence-corrected chi connectivity index (χ0v) is 12.4. The molecule has 0 heterocycles. The SMILES string of the molecule is COc1cc(NCC2CC3CCC2C3)ccc1Br. The van der Waals surface area contributed by atoms with Crippen molar-refractivity contribution in [1.82, 2.24) is 0 Å². The Hall–Kier alpha value is -0.700. The Balaban J connectivity index is 1.60. The van der Waals surface area contributed by atoms with Gasteiger partial charge in [-0.2, -0.15) is 0 Å². The molecular formula is C15H20BrNO. The Morgan fingerprint density at radius 3 is 2.89 bits per heavy atom. The highest BCUT2D eigenvalue weighted by molar-refractivity contribution is 9.10. The quantitative estimate of drug-likeness (QED) is 0.895. The summed E-state index contributed by atoms with van der Waals surface area (Å²) in [5.41, 5.74) is 1.16. The summed E-state index contributed by atoms with van der Waals surface area (Å²) in [4.78, 5) is 0. The van der Waals surface area contributed by atoms with Crippen molar-refractivity contribution in [1.29, 1.82) is 0 Å². The largest absolute Gasteiger partial charge is 0.495 e. The summed E-state index contributed by atoms with van der Waals surface area (Å²) in [6.45, 7) is 1.12. The van der Waals surface area contributed by atoms with Crippen molar-refractivity contribution in [3.05, 3.63) is 22.7 Å². The van der Waals surface area contributed by atoms with Crippen molar-refractivity contribution in [2.45, 2.75) is 25.7 Å². The topological polar surface area (TPSA) is 21.3 Å². The first-order chi connectivity index (χ1) is 8.76. The van der Waals surface area contributed by atoms with Crippen LogP contribution >= 0.6 is 15.9 Å². The van der Waals surface area contributed by atoms with E-state index >= 15 is 0 Å². The summed E-state index contributed by atoms with van der Waals surface area (Å²) in [5, 5.41) is 3.57. The zero-order chi connectivity index (χ0) is 12.5. The Morgan fingerprint density at radius 2 is 2.22 bits per heavy atom. The normalized spacial score (nSPS) is 29.6. The highest BCUT2D eigenvalue weighted by atomic mass is 79.9. The first-order valence-electron chi connectivity index (χ1n) is 6.83. The molecular weight excluding hydrogens is 290 g/mol. The Kier molecular flexibility index (Phi) is 3.51. The highest BCUT2D eigenvalue weighted by Crippen LogP contribution is 2.48. The Labute approximate surface area is 117 Å². The number of hydrogen-bond acceptors (Lipinski definition) is 2. The third kappa shape index (κ3) is 2.37. The predicted molar refractivity (Wildman–Crippen MR) is 78.1 cm³/mol. The maximum atomic E-state index is 5.32. The lowest BCUT2D eigenvalue weighted by molar-refractivity contribution is 0.348. The van der Waals surface area contributed by atoms with Gasteiger partial charge in [0.2, 0.25) is 0 Å². The molecule has 2 nitrogen and oxygen atoms in total. The predicted octanol–water partition coefficient (Wildman–Crippen LogP) is 4.31. The van der Waals surface area contributed by atoms with Gasteiger partial charge >= 0.3 is 0 Å². The van der Waals surface area contributed by atoms with Crippen LogP contribution in [0, 0.1) is 17.8 Å². The van der Waals surface area contributed by atoms with Gasteiger partial charge in [0, 0.05) is 18.3 Å². The molecule has 0 saturated heterocycles. The second-order valence-corrected chi connectivity index (χ2v) is 6.52. The van der Waals surface area contributed by atoms with E-state index in [-0.39, 0.29) is 0 Å². The van der Waals surface area contributed by atoms with Gasteiger partial charge in [-0.15, -0.1) is 0 Å². The second-order valence-electron chi connectivity index (χ2n) is 5.67. The van der Waals surface area contributed by atoms with Gasteiger partial charge in [0.25, 0.3) is 0 Å². The lowest BCUT2D eigenvalue weighted by Crippen LogP contribution is -2.20. The standard InChI is InChI=1S/C15H20BrNO/c1-18-15-8-13(4-5-14(15)16)17-9-12-7-10-2-3-11(12)6-10/h4-5,8,10-12,17H,2-3,6-7,9H2,1H3. The van der Waals surface area contributed by atoms with E-state index in [1.54, 1.807) is 7.11 Å². The van der Waals surface area contributed by atoms with Gasteiger partial charge in [-0.3, -0.25) is 0 Å². The monoisotopic (exact) mass is 309 g/mol. The van der Waals surface area contributed by atoms with Crippen molar-refractivity contribution >= 4 is 21.6 Å². The Morgan fingerprint density at radius 1 is 1.33 bits per heavy atom. The second kappa shape index (κ2) is 5.12. The zero-order valence-electron chi connectivity index (χ0n) is 10.8. The average molecular weight is 310 g/mol. The molecule has 3 atom stereocenters. The van der Waals surface area contributed by atoms with E-state index in [2.05, 4.69) is 33.4 Å². The lowest BCUT2D eigenvalue weighted by atomic mass is 9.89. The van der Waals surface area contributed by atoms with E-state index in [4.69, 9.17) is 4.74 Å². The fraction of sp³-hybridized carbons (Fsp3) is 0.600. The molecule has 2 saturated carbocycles. The van der Waals surface area contributed by atoms with E-state index < -0.39 is 0 Å². The summed E-state index contributed by atoms with van der Waals surface area (Å²) in [6.07, 6.45) is 5.86. The molecule has 0 amide bonds. The maximum absolute atomic E-state index is 5.32. The fourth-order valence-corrected chi connectivity index (χ4v) is 4.05. The van der Waals surface area contributed by atoms with Crippen molar-refractivity contribution in [3.63, 3.8) is 0 Å². The molecule has 3 unspecified atom stereocenters. The molecule has 1 N–H and O–H groups in total. The number of hydrogen-bond donors (Lipinski definition) is 1. The third-order valence-corrected chi connectivity index (χ3v) is 5.26. The molecule has 0 radical (unpaired) electrons. The summed E-state index contributed by atoms with van der Waals surface area (Å²) in [7, 11) is 1.71. The summed E-state index contributed by atoms with van der Waals surface area (Å²) in [6, 6.07) is 6.22. The first kappa shape index (κ1) is 12.3. The van der Waals surface area contributed by atoms with E-state index in [0.29, 0.717) is 0 Å². The number of rotatable bonds is 4. The van der Waals surface area contributed by atoms with Gasteiger partial charge in [0.05, 0.1) is 11.6 Å². The van der Waals surface area contributed by atoms with Crippen LogP contribution in [-0.4, -0.2) is 13.7 Å². The van der Waals surface area contributed by atoms with E-state index in [1.807, 2.05) is 6.07 Å². The maximum Gasteiger partial charge on any atom is 0.135 e. The van der Waals surface area contributed by atoms with Gasteiger partial charge < -0.3 is 10.1 Å². The van der Waals surface area contributed by atoms with E-state index in [1.165, 1.54) is 25.7 Å². The van der Waals surface area contributed by atoms with Crippen molar-refractivity contribution in [2.24, 2.45) is 17.8 Å². The molecule has 98 valence electrons. The lowest BCUT2D eigenvalue weighted by Gasteiger charge is -2.22. The molecule has 18 heavy (non-hydrogen) atoms. The van der Waals surface area contributed by atoms with Crippen LogP contribution < -0.4 is 10.1 Å². The van der Waals surface area contributed by atoms with Crippen LogP contribution in [0.5, 0.6) is 5.75 Å². The minimum atomic E-state index is 0.887. The summed E-state index contributed by atoms with van der Waals surface area (Å²) in [5.74, 6) is 3.80. The summed E-state index contributed by atoms with van der Waals surface area (Å²) >= 11 is 3.48. The van der Waals surface area contributed by atoms with Crippen molar-refractivity contribution in [3.8, 4) is 5.75 Å². The molecule has 0 spiro atoms. The summed E-state index contributed by atoms with van der Waals surface area (Å²) < 4.78 is 6.33. The molecule has 0 aliphatic heterocycles. The molecule has 1 aromatic carbocycles. The van der Waals surface area contributed by atoms with Crippen LogP contribution in [-0.2, 0) is 0 Å². The smallest absolute Gasteiger partial charge is 0.135 e. The van der Waals surface area contributed by atoms with Crippen molar-refractivity contribution < 1.29 is 4.74 Å². The molecule has 2 fully saturated rings. The molecule has 2 bridgehead atoms. The molecule has 2 aliphatic rings. The number of halogens is 1.